The lowest BCUT2D eigenvalue weighted by Crippen LogP contribution is -2.37. The van der Waals surface area contributed by atoms with Crippen LogP contribution in [0.15, 0.2) is 0 Å². The molecule has 0 bridgehead atoms. The van der Waals surface area contributed by atoms with E-state index in [0.29, 0.717) is 5.92 Å². The molecule has 2 heterocycles. The van der Waals surface area contributed by atoms with E-state index in [2.05, 4.69) is 20.1 Å². The number of hydrogen-bond donors (Lipinski definition) is 1. The van der Waals surface area contributed by atoms with Crippen LogP contribution >= 0.6 is 0 Å². The second kappa shape index (κ2) is 5.40. The van der Waals surface area contributed by atoms with Crippen LogP contribution in [-0.4, -0.2) is 34.8 Å². The molecule has 0 aromatic carbocycles. The zero-order valence-electron chi connectivity index (χ0n) is 10.7. The first kappa shape index (κ1) is 12.2. The Morgan fingerprint density at radius 3 is 2.82 bits per heavy atom. The van der Waals surface area contributed by atoms with Gasteiger partial charge in [0.15, 0.2) is 0 Å². The summed E-state index contributed by atoms with van der Waals surface area (Å²) in [5.41, 5.74) is 7.50. The molecule has 0 amide bonds. The Morgan fingerprint density at radius 2 is 2.12 bits per heavy atom. The third-order valence-corrected chi connectivity index (χ3v) is 3.46. The largest absolute Gasteiger partial charge is 0.339 e. The molecule has 1 aromatic heterocycles. The first-order chi connectivity index (χ1) is 8.20. The van der Waals surface area contributed by atoms with Crippen molar-refractivity contribution < 1.29 is 0 Å². The van der Waals surface area contributed by atoms with Gasteiger partial charge < -0.3 is 10.6 Å². The predicted molar refractivity (Wildman–Crippen MR) is 67.9 cm³/mol. The molecule has 1 saturated heterocycles. The van der Waals surface area contributed by atoms with E-state index >= 15 is 0 Å². The Morgan fingerprint density at radius 1 is 1.29 bits per heavy atom. The molecule has 1 unspecified atom stereocenters. The van der Waals surface area contributed by atoms with E-state index in [9.17, 15) is 0 Å². The summed E-state index contributed by atoms with van der Waals surface area (Å²) in [5.74, 6) is 1.45. The lowest BCUT2D eigenvalue weighted by Gasteiger charge is -2.32. The summed E-state index contributed by atoms with van der Waals surface area (Å²) in [6, 6.07) is 0. The van der Waals surface area contributed by atoms with Crippen LogP contribution in [0, 0.1) is 19.8 Å². The first-order valence-corrected chi connectivity index (χ1v) is 6.33. The van der Waals surface area contributed by atoms with Gasteiger partial charge in [0.1, 0.15) is 0 Å². The zero-order valence-corrected chi connectivity index (χ0v) is 10.7. The number of nitrogens with zero attached hydrogens (tertiary/aromatic N) is 4. The Balaban J connectivity index is 2.08. The molecule has 0 saturated carbocycles. The molecule has 1 atom stereocenters. The minimum Gasteiger partial charge on any atom is -0.339 e. The van der Waals surface area contributed by atoms with Crippen molar-refractivity contribution in [3.05, 3.63) is 11.4 Å². The number of anilines is 1. The normalized spacial score (nSPS) is 20.6. The molecule has 94 valence electrons. The maximum atomic E-state index is 5.63. The minimum atomic E-state index is 0.680. The summed E-state index contributed by atoms with van der Waals surface area (Å²) in [6.45, 7) is 6.73. The smallest absolute Gasteiger partial charge is 0.245 e. The minimum absolute atomic E-state index is 0.680. The monoisotopic (exact) mass is 235 g/mol. The lowest BCUT2D eigenvalue weighted by molar-refractivity contribution is 0.391. The summed E-state index contributed by atoms with van der Waals surface area (Å²) in [7, 11) is 0. The maximum absolute atomic E-state index is 5.63. The second-order valence-corrected chi connectivity index (χ2v) is 4.81. The predicted octanol–water partition coefficient (Wildman–Crippen LogP) is 1.05. The molecule has 1 fully saturated rings. The van der Waals surface area contributed by atoms with Crippen LogP contribution in [0.3, 0.4) is 0 Å². The van der Waals surface area contributed by atoms with Gasteiger partial charge in [-0.2, -0.15) is 5.10 Å². The summed E-state index contributed by atoms with van der Waals surface area (Å²) < 4.78 is 0. The second-order valence-electron chi connectivity index (χ2n) is 4.81. The highest BCUT2D eigenvalue weighted by atomic mass is 15.3. The fraction of sp³-hybridized carbons (Fsp3) is 0.750. The highest BCUT2D eigenvalue weighted by molar-refractivity contribution is 5.30. The number of aromatic nitrogens is 3. The summed E-state index contributed by atoms with van der Waals surface area (Å²) >= 11 is 0. The van der Waals surface area contributed by atoms with Crippen molar-refractivity contribution in [1.29, 1.82) is 0 Å². The Hall–Kier alpha value is -1.23. The van der Waals surface area contributed by atoms with E-state index in [1.165, 1.54) is 12.8 Å². The van der Waals surface area contributed by atoms with Crippen LogP contribution in [0.2, 0.25) is 0 Å². The standard InChI is InChI=1S/C12H21N5/c1-9-10(2)15-16-12(14-9)17-7-3-4-11(8-17)5-6-13/h11H,3-8,13H2,1-2H3. The van der Waals surface area contributed by atoms with Crippen LogP contribution in [-0.2, 0) is 0 Å². The molecule has 1 aliphatic rings. The molecule has 0 spiro atoms. The molecular formula is C12H21N5. The average molecular weight is 235 g/mol. The number of aryl methyl sites for hydroxylation is 2. The van der Waals surface area contributed by atoms with Crippen molar-refractivity contribution in [2.75, 3.05) is 24.5 Å². The van der Waals surface area contributed by atoms with E-state index in [0.717, 1.165) is 43.4 Å². The average Bonchev–Trinajstić information content (AvgIpc) is 2.33. The number of nitrogens with two attached hydrogens (primary N) is 1. The van der Waals surface area contributed by atoms with Gasteiger partial charge in [-0.15, -0.1) is 5.10 Å². The van der Waals surface area contributed by atoms with E-state index in [4.69, 9.17) is 5.73 Å². The van der Waals surface area contributed by atoms with Crippen LogP contribution < -0.4 is 10.6 Å². The molecule has 2 N–H and O–H groups in total. The van der Waals surface area contributed by atoms with Crippen molar-refractivity contribution >= 4 is 5.95 Å². The van der Waals surface area contributed by atoms with E-state index in [1.807, 2.05) is 13.8 Å². The van der Waals surface area contributed by atoms with Crippen LogP contribution in [0.4, 0.5) is 5.95 Å². The van der Waals surface area contributed by atoms with Crippen LogP contribution in [0.5, 0.6) is 0 Å². The molecule has 0 aliphatic carbocycles. The Labute approximate surface area is 102 Å². The molecule has 5 nitrogen and oxygen atoms in total. The quantitative estimate of drug-likeness (QED) is 0.848. The van der Waals surface area contributed by atoms with Gasteiger partial charge in [0.05, 0.1) is 11.4 Å². The third-order valence-electron chi connectivity index (χ3n) is 3.46. The van der Waals surface area contributed by atoms with E-state index < -0.39 is 0 Å². The van der Waals surface area contributed by atoms with Gasteiger partial charge in [-0.1, -0.05) is 0 Å². The molecule has 1 aromatic rings. The molecule has 5 heteroatoms. The van der Waals surface area contributed by atoms with E-state index in [-0.39, 0.29) is 0 Å². The Kier molecular flexibility index (Phi) is 3.89. The van der Waals surface area contributed by atoms with Crippen molar-refractivity contribution in [3.63, 3.8) is 0 Å². The summed E-state index contributed by atoms with van der Waals surface area (Å²) in [6.07, 6.45) is 3.56. The summed E-state index contributed by atoms with van der Waals surface area (Å²) in [4.78, 5) is 6.75. The zero-order chi connectivity index (χ0) is 12.3. The maximum Gasteiger partial charge on any atom is 0.245 e. The third kappa shape index (κ3) is 2.91. The summed E-state index contributed by atoms with van der Waals surface area (Å²) in [5, 5.41) is 8.34. The fourth-order valence-electron chi connectivity index (χ4n) is 2.30. The fourth-order valence-corrected chi connectivity index (χ4v) is 2.30. The lowest BCUT2D eigenvalue weighted by atomic mass is 9.95. The van der Waals surface area contributed by atoms with Gasteiger partial charge in [0.2, 0.25) is 5.95 Å². The topological polar surface area (TPSA) is 67.9 Å². The molecule has 1 aliphatic heterocycles. The molecule has 0 radical (unpaired) electrons. The number of rotatable bonds is 3. The van der Waals surface area contributed by atoms with Gasteiger partial charge in [0, 0.05) is 13.1 Å². The van der Waals surface area contributed by atoms with Gasteiger partial charge in [-0.3, -0.25) is 0 Å². The van der Waals surface area contributed by atoms with Crippen LogP contribution in [0.25, 0.3) is 0 Å². The van der Waals surface area contributed by atoms with Gasteiger partial charge in [-0.25, -0.2) is 4.98 Å². The molecule has 2 rings (SSSR count). The molecular weight excluding hydrogens is 214 g/mol. The highest BCUT2D eigenvalue weighted by Gasteiger charge is 2.21. The van der Waals surface area contributed by atoms with E-state index in [1.54, 1.807) is 0 Å². The van der Waals surface area contributed by atoms with Crippen molar-refractivity contribution in [1.82, 2.24) is 15.2 Å². The molecule has 17 heavy (non-hydrogen) atoms. The van der Waals surface area contributed by atoms with Gasteiger partial charge in [-0.05, 0) is 45.6 Å². The van der Waals surface area contributed by atoms with Gasteiger partial charge >= 0.3 is 0 Å². The Bertz CT molecular complexity index is 377. The van der Waals surface area contributed by atoms with Gasteiger partial charge in [0.25, 0.3) is 0 Å². The van der Waals surface area contributed by atoms with Crippen molar-refractivity contribution in [2.45, 2.75) is 33.1 Å². The van der Waals surface area contributed by atoms with Crippen LogP contribution in [0.1, 0.15) is 30.7 Å². The highest BCUT2D eigenvalue weighted by Crippen LogP contribution is 2.22. The number of piperidine rings is 1. The van der Waals surface area contributed by atoms with Crippen molar-refractivity contribution in [2.24, 2.45) is 11.7 Å². The number of hydrogen-bond acceptors (Lipinski definition) is 5. The SMILES string of the molecule is Cc1nnc(N2CCCC(CCN)C2)nc1C. The van der Waals surface area contributed by atoms with Crippen molar-refractivity contribution in [3.8, 4) is 0 Å². The first-order valence-electron chi connectivity index (χ1n) is 6.33.